The molecule has 2 unspecified atom stereocenters. The fourth-order valence-electron chi connectivity index (χ4n) is 1.85. The van der Waals surface area contributed by atoms with Gasteiger partial charge in [-0.3, -0.25) is 4.68 Å². The van der Waals surface area contributed by atoms with E-state index in [9.17, 15) is 0 Å². The van der Waals surface area contributed by atoms with E-state index in [0.29, 0.717) is 10.7 Å². The summed E-state index contributed by atoms with van der Waals surface area (Å²) in [4.78, 5) is 0.546. The molecule has 0 aliphatic carbocycles. The largest absolute Gasteiger partial charge is 0.268 e. The van der Waals surface area contributed by atoms with Gasteiger partial charge in [-0.25, -0.2) is 0 Å². The molecule has 0 amide bonds. The molecule has 0 spiro atoms. The number of alkyl halides is 1. The van der Waals surface area contributed by atoms with Gasteiger partial charge in [0.2, 0.25) is 0 Å². The molecular formula is C11H18Br2N2. The lowest BCUT2D eigenvalue weighted by atomic mass is 10.0. The fraction of sp³-hybridized carbons (Fsp3) is 0.727. The summed E-state index contributed by atoms with van der Waals surface area (Å²) in [7, 11) is 0. The average molecular weight is 338 g/mol. The average Bonchev–Trinajstić information content (AvgIpc) is 2.46. The second-order valence-electron chi connectivity index (χ2n) is 4.02. The van der Waals surface area contributed by atoms with Gasteiger partial charge in [0.15, 0.2) is 0 Å². The topological polar surface area (TPSA) is 17.8 Å². The molecule has 4 heteroatoms. The van der Waals surface area contributed by atoms with Gasteiger partial charge in [-0.05, 0) is 28.8 Å². The molecule has 1 aromatic rings. The van der Waals surface area contributed by atoms with Crippen LogP contribution < -0.4 is 0 Å². The fourth-order valence-corrected chi connectivity index (χ4v) is 3.10. The van der Waals surface area contributed by atoms with E-state index in [-0.39, 0.29) is 0 Å². The number of rotatable bonds is 5. The molecule has 1 rings (SSSR count). The summed E-state index contributed by atoms with van der Waals surface area (Å²) in [6.45, 7) is 7.62. The Hall–Kier alpha value is 0.170. The molecular weight excluding hydrogens is 320 g/mol. The first kappa shape index (κ1) is 13.2. The minimum absolute atomic E-state index is 0.530. The standard InChI is InChI=1S/C11H18Br2N2/c1-4-5-15-11(10(13)7-14-15)8(2)6-9(3)12/h7-9H,4-6H2,1-3H3. The van der Waals surface area contributed by atoms with Crippen molar-refractivity contribution in [1.29, 1.82) is 0 Å². The van der Waals surface area contributed by atoms with Crippen molar-refractivity contribution in [3.05, 3.63) is 16.4 Å². The molecule has 0 radical (unpaired) electrons. The van der Waals surface area contributed by atoms with E-state index in [0.717, 1.165) is 23.9 Å². The molecule has 1 heterocycles. The van der Waals surface area contributed by atoms with Crippen molar-refractivity contribution in [3.63, 3.8) is 0 Å². The number of halogens is 2. The van der Waals surface area contributed by atoms with E-state index in [4.69, 9.17) is 0 Å². The van der Waals surface area contributed by atoms with Gasteiger partial charge in [-0.2, -0.15) is 5.10 Å². The minimum Gasteiger partial charge on any atom is -0.268 e. The maximum atomic E-state index is 4.39. The molecule has 86 valence electrons. The summed E-state index contributed by atoms with van der Waals surface area (Å²) in [5, 5.41) is 4.39. The zero-order valence-electron chi connectivity index (χ0n) is 9.50. The van der Waals surface area contributed by atoms with Gasteiger partial charge in [-0.15, -0.1) is 0 Å². The van der Waals surface area contributed by atoms with Crippen LogP contribution in [-0.4, -0.2) is 14.6 Å². The van der Waals surface area contributed by atoms with Crippen LogP contribution >= 0.6 is 31.9 Å². The van der Waals surface area contributed by atoms with E-state index >= 15 is 0 Å². The molecule has 0 fully saturated rings. The predicted octanol–water partition coefficient (Wildman–Crippen LogP) is 4.33. The van der Waals surface area contributed by atoms with Gasteiger partial charge >= 0.3 is 0 Å². The van der Waals surface area contributed by atoms with Gasteiger partial charge in [0.25, 0.3) is 0 Å². The number of hydrogen-bond donors (Lipinski definition) is 0. The quantitative estimate of drug-likeness (QED) is 0.731. The van der Waals surface area contributed by atoms with Crippen LogP contribution in [0.1, 0.15) is 45.2 Å². The first-order valence-electron chi connectivity index (χ1n) is 5.41. The lowest BCUT2D eigenvalue weighted by Crippen LogP contribution is -2.10. The monoisotopic (exact) mass is 336 g/mol. The van der Waals surface area contributed by atoms with Crippen LogP contribution in [0, 0.1) is 0 Å². The van der Waals surface area contributed by atoms with Crippen molar-refractivity contribution in [1.82, 2.24) is 9.78 Å². The van der Waals surface area contributed by atoms with Crippen LogP contribution in [0.15, 0.2) is 10.7 Å². The van der Waals surface area contributed by atoms with Crippen molar-refractivity contribution in [2.45, 2.75) is 50.9 Å². The summed E-state index contributed by atoms with van der Waals surface area (Å²) in [6, 6.07) is 0. The molecule has 1 aromatic heterocycles. The van der Waals surface area contributed by atoms with Crippen molar-refractivity contribution >= 4 is 31.9 Å². The summed E-state index contributed by atoms with van der Waals surface area (Å²) in [5.74, 6) is 0.530. The summed E-state index contributed by atoms with van der Waals surface area (Å²) < 4.78 is 3.25. The normalized spacial score (nSPS) is 15.3. The Morgan fingerprint density at radius 2 is 2.13 bits per heavy atom. The first-order chi connectivity index (χ1) is 7.06. The van der Waals surface area contributed by atoms with Crippen LogP contribution in [0.3, 0.4) is 0 Å². The summed E-state index contributed by atoms with van der Waals surface area (Å²) >= 11 is 7.18. The molecule has 2 atom stereocenters. The van der Waals surface area contributed by atoms with E-state index in [1.54, 1.807) is 0 Å². The van der Waals surface area contributed by atoms with Gasteiger partial charge in [0, 0.05) is 17.3 Å². The Balaban J connectivity index is 2.85. The molecule has 0 saturated carbocycles. The van der Waals surface area contributed by atoms with E-state index in [1.807, 2.05) is 6.20 Å². The predicted molar refractivity (Wildman–Crippen MR) is 71.6 cm³/mol. The highest BCUT2D eigenvalue weighted by Crippen LogP contribution is 2.29. The smallest absolute Gasteiger partial charge is 0.0635 e. The summed E-state index contributed by atoms with van der Waals surface area (Å²) in [5.41, 5.74) is 1.32. The zero-order valence-corrected chi connectivity index (χ0v) is 12.7. The second-order valence-corrected chi connectivity index (χ2v) is 6.44. The Kier molecular flexibility index (Phi) is 5.33. The molecule has 0 aliphatic rings. The van der Waals surface area contributed by atoms with Crippen molar-refractivity contribution < 1.29 is 0 Å². The van der Waals surface area contributed by atoms with Gasteiger partial charge in [0.05, 0.1) is 16.4 Å². The molecule has 0 N–H and O–H groups in total. The third-order valence-corrected chi connectivity index (χ3v) is 3.40. The Bertz CT molecular complexity index is 308. The number of hydrogen-bond acceptors (Lipinski definition) is 1. The lowest BCUT2D eigenvalue weighted by Gasteiger charge is -2.15. The van der Waals surface area contributed by atoms with Gasteiger partial charge < -0.3 is 0 Å². The SMILES string of the molecule is CCCn1ncc(Br)c1C(C)CC(C)Br. The minimum atomic E-state index is 0.530. The van der Waals surface area contributed by atoms with Crippen LogP contribution in [0.25, 0.3) is 0 Å². The highest BCUT2D eigenvalue weighted by atomic mass is 79.9. The Morgan fingerprint density at radius 3 is 2.67 bits per heavy atom. The molecule has 0 aromatic carbocycles. The second kappa shape index (κ2) is 6.04. The maximum Gasteiger partial charge on any atom is 0.0635 e. The van der Waals surface area contributed by atoms with Crippen LogP contribution in [0.2, 0.25) is 0 Å². The van der Waals surface area contributed by atoms with Gasteiger partial charge in [-0.1, -0.05) is 36.7 Å². The lowest BCUT2D eigenvalue weighted by molar-refractivity contribution is 0.532. The van der Waals surface area contributed by atoms with Crippen molar-refractivity contribution in [2.75, 3.05) is 0 Å². The van der Waals surface area contributed by atoms with Crippen LogP contribution in [0.4, 0.5) is 0 Å². The highest BCUT2D eigenvalue weighted by Gasteiger charge is 2.17. The van der Waals surface area contributed by atoms with Crippen molar-refractivity contribution in [2.24, 2.45) is 0 Å². The maximum absolute atomic E-state index is 4.39. The van der Waals surface area contributed by atoms with E-state index in [1.165, 1.54) is 5.69 Å². The molecule has 0 saturated heterocycles. The van der Waals surface area contributed by atoms with E-state index < -0.39 is 0 Å². The first-order valence-corrected chi connectivity index (χ1v) is 7.12. The van der Waals surface area contributed by atoms with Crippen molar-refractivity contribution in [3.8, 4) is 0 Å². The summed E-state index contributed by atoms with van der Waals surface area (Å²) in [6.07, 6.45) is 4.16. The zero-order chi connectivity index (χ0) is 11.4. The van der Waals surface area contributed by atoms with Crippen LogP contribution in [-0.2, 0) is 6.54 Å². The Labute approximate surface area is 109 Å². The van der Waals surface area contributed by atoms with E-state index in [2.05, 4.69) is 62.4 Å². The molecule has 0 aliphatic heterocycles. The molecule has 15 heavy (non-hydrogen) atoms. The third kappa shape index (κ3) is 3.59. The number of nitrogens with zero attached hydrogens (tertiary/aromatic N) is 2. The van der Waals surface area contributed by atoms with Crippen LogP contribution in [0.5, 0.6) is 0 Å². The molecule has 0 bridgehead atoms. The number of aryl methyl sites for hydroxylation is 1. The highest BCUT2D eigenvalue weighted by molar-refractivity contribution is 9.10. The third-order valence-electron chi connectivity index (χ3n) is 2.41. The number of aromatic nitrogens is 2. The molecule has 2 nitrogen and oxygen atoms in total. The van der Waals surface area contributed by atoms with Gasteiger partial charge in [0.1, 0.15) is 0 Å². The Morgan fingerprint density at radius 1 is 1.47 bits per heavy atom.